The van der Waals surface area contributed by atoms with Crippen molar-refractivity contribution in [1.82, 2.24) is 0 Å². The molecule has 1 radical (unpaired) electrons. The van der Waals surface area contributed by atoms with E-state index >= 15 is 0 Å². The van der Waals surface area contributed by atoms with Gasteiger partial charge in [0, 0.05) is 21.5 Å². The van der Waals surface area contributed by atoms with Gasteiger partial charge in [-0.1, -0.05) is 48.5 Å². The van der Waals surface area contributed by atoms with Gasteiger partial charge in [-0.25, -0.2) is 8.78 Å². The molecule has 0 heterocycles. The van der Waals surface area contributed by atoms with Crippen molar-refractivity contribution < 1.29 is 18.1 Å². The average molecular weight is 333 g/mol. The third-order valence-electron chi connectivity index (χ3n) is 4.01. The van der Waals surface area contributed by atoms with E-state index in [1.807, 2.05) is 12.1 Å². The first-order chi connectivity index (χ1) is 12.2. The van der Waals surface area contributed by atoms with Crippen molar-refractivity contribution in [3.8, 4) is 11.5 Å². The molecule has 121 valence electrons. The van der Waals surface area contributed by atoms with Crippen LogP contribution >= 0.6 is 0 Å². The van der Waals surface area contributed by atoms with Crippen LogP contribution in [0.25, 0.3) is 21.5 Å². The molecule has 0 spiro atoms. The SMILES string of the molecule is Fc1ccc(O[B]Oc2ccc(F)c3ccccc23)c2ccccc12. The van der Waals surface area contributed by atoms with Gasteiger partial charge in [0.15, 0.2) is 0 Å². The predicted octanol–water partition coefficient (Wildman–Crippen LogP) is 5.26. The van der Waals surface area contributed by atoms with Crippen molar-refractivity contribution >= 4 is 29.2 Å². The summed E-state index contributed by atoms with van der Waals surface area (Å²) < 4.78 is 38.8. The summed E-state index contributed by atoms with van der Waals surface area (Å²) >= 11 is 0. The minimum atomic E-state index is -0.312. The van der Waals surface area contributed by atoms with E-state index in [-0.39, 0.29) is 11.6 Å². The normalized spacial score (nSPS) is 10.8. The summed E-state index contributed by atoms with van der Waals surface area (Å²) in [6.07, 6.45) is 0. The summed E-state index contributed by atoms with van der Waals surface area (Å²) in [5.74, 6) is 0.327. The molecule has 0 fully saturated rings. The Morgan fingerprint density at radius 1 is 0.520 bits per heavy atom. The Morgan fingerprint density at radius 2 is 0.920 bits per heavy atom. The first-order valence-electron chi connectivity index (χ1n) is 7.73. The molecule has 2 nitrogen and oxygen atoms in total. The van der Waals surface area contributed by atoms with Gasteiger partial charge in [0.05, 0.1) is 0 Å². The highest BCUT2D eigenvalue weighted by Gasteiger charge is 2.11. The van der Waals surface area contributed by atoms with E-state index in [9.17, 15) is 8.78 Å². The van der Waals surface area contributed by atoms with Gasteiger partial charge in [-0.3, -0.25) is 0 Å². The predicted molar refractivity (Wildman–Crippen MR) is 94.8 cm³/mol. The van der Waals surface area contributed by atoms with Gasteiger partial charge in [-0.05, 0) is 24.3 Å². The van der Waals surface area contributed by atoms with E-state index in [0.717, 1.165) is 0 Å². The summed E-state index contributed by atoms with van der Waals surface area (Å²) in [7, 11) is 1.17. The van der Waals surface area contributed by atoms with Crippen LogP contribution in [0.3, 0.4) is 0 Å². The van der Waals surface area contributed by atoms with Crippen molar-refractivity contribution in [2.45, 2.75) is 0 Å². The van der Waals surface area contributed by atoms with E-state index in [2.05, 4.69) is 0 Å². The summed E-state index contributed by atoms with van der Waals surface area (Å²) in [6, 6.07) is 19.8. The van der Waals surface area contributed by atoms with Crippen LogP contribution in [0.15, 0.2) is 72.8 Å². The molecule has 4 rings (SSSR count). The van der Waals surface area contributed by atoms with Crippen LogP contribution in [0.2, 0.25) is 0 Å². The first-order valence-corrected chi connectivity index (χ1v) is 7.73. The zero-order valence-corrected chi connectivity index (χ0v) is 13.1. The van der Waals surface area contributed by atoms with Crippen LogP contribution in [0.1, 0.15) is 0 Å². The summed E-state index contributed by atoms with van der Waals surface area (Å²) in [5, 5.41) is 2.24. The summed E-state index contributed by atoms with van der Waals surface area (Å²) in [5.41, 5.74) is 0. The Bertz CT molecular complexity index is 981. The van der Waals surface area contributed by atoms with Crippen LogP contribution in [0, 0.1) is 11.6 Å². The van der Waals surface area contributed by atoms with Crippen LogP contribution < -0.4 is 9.31 Å². The van der Waals surface area contributed by atoms with E-state index < -0.39 is 0 Å². The Hall–Kier alpha value is -3.08. The second-order valence-corrected chi connectivity index (χ2v) is 5.51. The number of hydrogen-bond acceptors (Lipinski definition) is 2. The quantitative estimate of drug-likeness (QED) is 0.474. The topological polar surface area (TPSA) is 18.5 Å². The maximum atomic E-state index is 13.8. The van der Waals surface area contributed by atoms with E-state index in [0.29, 0.717) is 33.0 Å². The number of benzene rings is 4. The zero-order chi connectivity index (χ0) is 17.2. The molecule has 25 heavy (non-hydrogen) atoms. The number of fused-ring (bicyclic) bond motifs is 2. The lowest BCUT2D eigenvalue weighted by atomic mass is 10.1. The molecule has 0 aliphatic carbocycles. The van der Waals surface area contributed by atoms with Crippen molar-refractivity contribution in [3.05, 3.63) is 84.4 Å². The molecular weight excluding hydrogens is 321 g/mol. The van der Waals surface area contributed by atoms with E-state index in [1.165, 1.54) is 19.8 Å². The van der Waals surface area contributed by atoms with Crippen LogP contribution in [0.5, 0.6) is 11.5 Å². The molecule has 0 atom stereocenters. The molecule has 0 saturated carbocycles. The van der Waals surface area contributed by atoms with Crippen LogP contribution in [-0.4, -0.2) is 7.69 Å². The molecule has 0 aromatic heterocycles. The van der Waals surface area contributed by atoms with Gasteiger partial charge in [0.25, 0.3) is 0 Å². The van der Waals surface area contributed by atoms with E-state index in [4.69, 9.17) is 9.31 Å². The minimum Gasteiger partial charge on any atom is -0.526 e. The maximum Gasteiger partial charge on any atom is 0.658 e. The van der Waals surface area contributed by atoms with Crippen LogP contribution in [-0.2, 0) is 0 Å². The van der Waals surface area contributed by atoms with Gasteiger partial charge in [-0.15, -0.1) is 0 Å². The molecule has 0 amide bonds. The highest BCUT2D eigenvalue weighted by molar-refractivity contribution is 6.22. The van der Waals surface area contributed by atoms with Crippen molar-refractivity contribution in [2.24, 2.45) is 0 Å². The second kappa shape index (κ2) is 6.44. The monoisotopic (exact) mass is 333 g/mol. The molecule has 0 bridgehead atoms. The Kier molecular flexibility index (Phi) is 3.98. The van der Waals surface area contributed by atoms with Crippen LogP contribution in [0.4, 0.5) is 8.78 Å². The van der Waals surface area contributed by atoms with Gasteiger partial charge in [0.2, 0.25) is 0 Å². The fraction of sp³-hybridized carbons (Fsp3) is 0. The largest absolute Gasteiger partial charge is 0.658 e. The highest BCUT2D eigenvalue weighted by atomic mass is 19.1. The van der Waals surface area contributed by atoms with Crippen molar-refractivity contribution in [3.63, 3.8) is 0 Å². The lowest BCUT2D eigenvalue weighted by Gasteiger charge is -2.11. The third kappa shape index (κ3) is 2.89. The molecule has 4 aromatic rings. The average Bonchev–Trinajstić information content (AvgIpc) is 2.66. The molecular formula is C20H12BF2O2. The lowest BCUT2D eigenvalue weighted by Crippen LogP contribution is -2.11. The Balaban J connectivity index is 1.58. The van der Waals surface area contributed by atoms with Gasteiger partial charge >= 0.3 is 7.69 Å². The molecule has 4 aromatic carbocycles. The third-order valence-corrected chi connectivity index (χ3v) is 4.01. The van der Waals surface area contributed by atoms with E-state index in [1.54, 1.807) is 48.5 Å². The number of rotatable bonds is 4. The van der Waals surface area contributed by atoms with Gasteiger partial charge in [0.1, 0.15) is 23.1 Å². The van der Waals surface area contributed by atoms with Gasteiger partial charge < -0.3 is 9.31 Å². The smallest absolute Gasteiger partial charge is 0.526 e. The fourth-order valence-corrected chi connectivity index (χ4v) is 2.80. The number of halogens is 2. The van der Waals surface area contributed by atoms with Crippen molar-refractivity contribution in [1.29, 1.82) is 0 Å². The maximum absolute atomic E-state index is 13.8. The highest BCUT2D eigenvalue weighted by Crippen LogP contribution is 2.29. The Morgan fingerprint density at radius 3 is 1.36 bits per heavy atom. The molecule has 0 aliphatic heterocycles. The molecule has 0 unspecified atom stereocenters. The van der Waals surface area contributed by atoms with Gasteiger partial charge in [-0.2, -0.15) is 0 Å². The molecule has 0 saturated heterocycles. The first kappa shape index (κ1) is 15.5. The standard InChI is InChI=1S/C20H12BF2O2/c22-17-9-11-19(15-7-3-1-5-13(15)17)24-21-25-20-12-10-18(23)14-6-2-4-8-16(14)20/h1-12H. The summed E-state index contributed by atoms with van der Waals surface area (Å²) in [4.78, 5) is 0. The molecule has 0 N–H and O–H groups in total. The molecule has 5 heteroatoms. The van der Waals surface area contributed by atoms with Crippen molar-refractivity contribution in [2.75, 3.05) is 0 Å². The lowest BCUT2D eigenvalue weighted by molar-refractivity contribution is 0.463. The minimum absolute atomic E-state index is 0.312. The number of hydrogen-bond donors (Lipinski definition) is 0. The molecule has 0 aliphatic rings. The zero-order valence-electron chi connectivity index (χ0n) is 13.1. The summed E-state index contributed by atoms with van der Waals surface area (Å²) in [6.45, 7) is 0. The second-order valence-electron chi connectivity index (χ2n) is 5.51. The Labute approximate surface area is 143 Å². The fourth-order valence-electron chi connectivity index (χ4n) is 2.80.